The molecular weight excluding hydrogens is 513 g/mol. The number of fused-ring (bicyclic) bond motifs is 1. The molecule has 0 radical (unpaired) electrons. The zero-order valence-corrected chi connectivity index (χ0v) is 22.8. The fourth-order valence-corrected chi connectivity index (χ4v) is 5.15. The number of carbonyl (C=O) groups excluding carboxylic acids is 1. The zero-order valence-electron chi connectivity index (χ0n) is 21.2. The second-order valence-corrected chi connectivity index (χ2v) is 10.4. The van der Waals surface area contributed by atoms with E-state index < -0.39 is 6.23 Å². The molecule has 0 amide bonds. The molecule has 0 N–H and O–H groups in total. The summed E-state index contributed by atoms with van der Waals surface area (Å²) >= 11 is 12.6. The van der Waals surface area contributed by atoms with Gasteiger partial charge in [0.1, 0.15) is 5.75 Å². The molecule has 1 saturated heterocycles. The number of hydrogen-bond acceptors (Lipinski definition) is 6. The largest absolute Gasteiger partial charge is 0.494 e. The van der Waals surface area contributed by atoms with E-state index in [2.05, 4.69) is 9.80 Å². The van der Waals surface area contributed by atoms with Crippen LogP contribution >= 0.6 is 23.2 Å². The van der Waals surface area contributed by atoms with Crippen LogP contribution in [0.25, 0.3) is 10.9 Å². The first-order chi connectivity index (χ1) is 17.9. The summed E-state index contributed by atoms with van der Waals surface area (Å²) in [6, 6.07) is 14.7. The van der Waals surface area contributed by atoms with Crippen LogP contribution in [-0.2, 0) is 9.53 Å². The van der Waals surface area contributed by atoms with Crippen LogP contribution in [0.15, 0.2) is 53.3 Å². The number of benzene rings is 2. The van der Waals surface area contributed by atoms with Gasteiger partial charge < -0.3 is 14.4 Å². The Labute approximate surface area is 227 Å². The van der Waals surface area contributed by atoms with Crippen LogP contribution in [0.5, 0.6) is 5.75 Å². The van der Waals surface area contributed by atoms with Crippen LogP contribution < -0.4 is 15.2 Å². The molecule has 1 aliphatic heterocycles. The molecule has 1 unspecified atom stereocenters. The molecule has 2 heterocycles. The van der Waals surface area contributed by atoms with Crippen LogP contribution in [0.2, 0.25) is 10.0 Å². The van der Waals surface area contributed by atoms with Gasteiger partial charge in [0.25, 0.3) is 12.0 Å². The molecule has 4 rings (SSSR count). The molecule has 1 aromatic heterocycles. The number of nitrogens with zero attached hydrogens (tertiary/aromatic N) is 3. The van der Waals surface area contributed by atoms with Crippen LogP contribution in [0, 0.1) is 5.92 Å². The SMILES string of the molecule is CC(C)C(OC=O)n1c(=O)ccc2ccc(OCCCCN3CCN(c4cccc(Cl)c4Cl)CC3)cc21. The maximum absolute atomic E-state index is 12.7. The molecule has 9 heteroatoms. The van der Waals surface area contributed by atoms with E-state index in [0.717, 1.165) is 56.6 Å². The third-order valence-corrected chi connectivity index (χ3v) is 7.51. The first-order valence-electron chi connectivity index (χ1n) is 12.7. The summed E-state index contributed by atoms with van der Waals surface area (Å²) in [6.07, 6.45) is 1.26. The number of aromatic nitrogens is 1. The normalized spacial score (nSPS) is 15.2. The van der Waals surface area contributed by atoms with E-state index in [1.54, 1.807) is 6.07 Å². The highest BCUT2D eigenvalue weighted by Gasteiger charge is 2.21. The van der Waals surface area contributed by atoms with Crippen molar-refractivity contribution in [1.29, 1.82) is 0 Å². The van der Waals surface area contributed by atoms with E-state index in [9.17, 15) is 9.59 Å². The topological polar surface area (TPSA) is 64.0 Å². The Morgan fingerprint density at radius 2 is 1.76 bits per heavy atom. The molecule has 1 fully saturated rings. The van der Waals surface area contributed by atoms with Gasteiger partial charge in [-0.2, -0.15) is 0 Å². The smallest absolute Gasteiger partial charge is 0.295 e. The molecule has 0 saturated carbocycles. The predicted octanol–water partition coefficient (Wildman–Crippen LogP) is 5.62. The fraction of sp³-hybridized carbons (Fsp3) is 0.429. The molecule has 198 valence electrons. The lowest BCUT2D eigenvalue weighted by atomic mass is 10.1. The number of unbranched alkanes of at least 4 members (excludes halogenated alkanes) is 1. The average Bonchev–Trinajstić information content (AvgIpc) is 2.89. The standard InChI is InChI=1S/C28H33Cl2N3O4/c1-20(2)28(37-19-34)33-25-18-22(10-8-21(25)9-11-26(33)35)36-17-4-3-12-31-13-15-32(16-14-31)24-7-5-6-23(29)27(24)30/h5-11,18-20,28H,3-4,12-17H2,1-2H3. The van der Waals surface area contributed by atoms with E-state index >= 15 is 0 Å². The van der Waals surface area contributed by atoms with Gasteiger partial charge >= 0.3 is 0 Å². The second-order valence-electron chi connectivity index (χ2n) is 9.59. The van der Waals surface area contributed by atoms with Crippen molar-refractivity contribution in [3.05, 3.63) is 68.9 Å². The van der Waals surface area contributed by atoms with Crippen LogP contribution in [0.1, 0.15) is 32.9 Å². The number of piperazine rings is 1. The van der Waals surface area contributed by atoms with Crippen molar-refractivity contribution in [2.75, 3.05) is 44.2 Å². The summed E-state index contributed by atoms with van der Waals surface area (Å²) < 4.78 is 12.8. The van der Waals surface area contributed by atoms with Gasteiger partial charge in [-0.25, -0.2) is 0 Å². The Hall–Kier alpha value is -2.74. The highest BCUT2D eigenvalue weighted by molar-refractivity contribution is 6.43. The summed E-state index contributed by atoms with van der Waals surface area (Å²) in [5.41, 5.74) is 1.46. The summed E-state index contributed by atoms with van der Waals surface area (Å²) in [5, 5.41) is 2.09. The summed E-state index contributed by atoms with van der Waals surface area (Å²) in [5.74, 6) is 0.620. The van der Waals surface area contributed by atoms with Crippen molar-refractivity contribution < 1.29 is 14.3 Å². The monoisotopic (exact) mass is 545 g/mol. The fourth-order valence-electron chi connectivity index (χ4n) is 4.73. The first kappa shape index (κ1) is 27.3. The van der Waals surface area contributed by atoms with Crippen molar-refractivity contribution in [2.24, 2.45) is 5.92 Å². The quantitative estimate of drug-likeness (QED) is 0.230. The zero-order chi connectivity index (χ0) is 26.4. The Bertz CT molecular complexity index is 1270. The van der Waals surface area contributed by atoms with E-state index in [1.165, 1.54) is 10.6 Å². The van der Waals surface area contributed by atoms with Gasteiger partial charge in [-0.3, -0.25) is 19.1 Å². The minimum Gasteiger partial charge on any atom is -0.494 e. The third-order valence-electron chi connectivity index (χ3n) is 6.71. The van der Waals surface area contributed by atoms with Gasteiger partial charge in [0.05, 0.1) is 27.9 Å². The van der Waals surface area contributed by atoms with Gasteiger partial charge in [0, 0.05) is 44.2 Å². The summed E-state index contributed by atoms with van der Waals surface area (Å²) in [7, 11) is 0. The minimum absolute atomic E-state index is 0.0672. The number of halogens is 2. The first-order valence-corrected chi connectivity index (χ1v) is 13.4. The number of rotatable bonds is 11. The van der Waals surface area contributed by atoms with E-state index in [0.29, 0.717) is 34.4 Å². The highest BCUT2D eigenvalue weighted by atomic mass is 35.5. The molecule has 3 aromatic rings. The van der Waals surface area contributed by atoms with Crippen molar-refractivity contribution in [1.82, 2.24) is 9.47 Å². The van der Waals surface area contributed by atoms with Gasteiger partial charge in [-0.1, -0.05) is 43.1 Å². The van der Waals surface area contributed by atoms with E-state index in [4.69, 9.17) is 32.7 Å². The molecule has 1 atom stereocenters. The van der Waals surface area contributed by atoms with Crippen LogP contribution in [0.3, 0.4) is 0 Å². The lowest BCUT2D eigenvalue weighted by molar-refractivity contribution is -0.141. The third kappa shape index (κ3) is 6.58. The molecule has 0 spiro atoms. The van der Waals surface area contributed by atoms with E-state index in [1.807, 2.05) is 50.2 Å². The van der Waals surface area contributed by atoms with Crippen molar-refractivity contribution in [3.63, 3.8) is 0 Å². The van der Waals surface area contributed by atoms with E-state index in [-0.39, 0.29) is 11.5 Å². The lowest BCUT2D eigenvalue weighted by Crippen LogP contribution is -2.46. The number of pyridine rings is 1. The van der Waals surface area contributed by atoms with Crippen LogP contribution in [-0.4, -0.2) is 55.3 Å². The van der Waals surface area contributed by atoms with Crippen molar-refractivity contribution in [2.45, 2.75) is 32.9 Å². The Morgan fingerprint density at radius 3 is 2.49 bits per heavy atom. The van der Waals surface area contributed by atoms with Crippen LogP contribution in [0.4, 0.5) is 5.69 Å². The molecular formula is C28H33Cl2N3O4. The molecule has 0 aliphatic carbocycles. The van der Waals surface area contributed by atoms with Gasteiger partial charge in [0.2, 0.25) is 0 Å². The lowest BCUT2D eigenvalue weighted by Gasteiger charge is -2.36. The van der Waals surface area contributed by atoms with Gasteiger partial charge in [0.15, 0.2) is 6.23 Å². The highest BCUT2D eigenvalue weighted by Crippen LogP contribution is 2.33. The Morgan fingerprint density at radius 1 is 1.00 bits per heavy atom. The Kier molecular flexibility index (Phi) is 9.35. The maximum atomic E-state index is 12.7. The second kappa shape index (κ2) is 12.7. The predicted molar refractivity (Wildman–Crippen MR) is 149 cm³/mol. The molecule has 2 aromatic carbocycles. The number of ether oxygens (including phenoxy) is 2. The summed E-state index contributed by atoms with van der Waals surface area (Å²) in [6.45, 7) is 9.59. The number of hydrogen-bond donors (Lipinski definition) is 0. The average molecular weight is 546 g/mol. The number of carbonyl (C=O) groups is 1. The molecule has 7 nitrogen and oxygen atoms in total. The minimum atomic E-state index is -0.681. The summed E-state index contributed by atoms with van der Waals surface area (Å²) in [4.78, 5) is 28.5. The molecule has 1 aliphatic rings. The van der Waals surface area contributed by atoms with Crippen molar-refractivity contribution in [3.8, 4) is 5.75 Å². The molecule has 37 heavy (non-hydrogen) atoms. The maximum Gasteiger partial charge on any atom is 0.295 e. The van der Waals surface area contributed by atoms with Gasteiger partial charge in [-0.05, 0) is 55.1 Å². The van der Waals surface area contributed by atoms with Gasteiger partial charge in [-0.15, -0.1) is 0 Å². The molecule has 0 bridgehead atoms. The van der Waals surface area contributed by atoms with Crippen molar-refractivity contribution >= 4 is 46.3 Å². The Balaban J connectivity index is 1.28. The number of anilines is 1.